The fraction of sp³-hybridized carbons (Fsp3) is 0.438. The fourth-order valence-corrected chi connectivity index (χ4v) is 2.89. The van der Waals surface area contributed by atoms with Gasteiger partial charge in [0.1, 0.15) is 17.3 Å². The average Bonchev–Trinajstić information content (AvgIpc) is 3.12. The zero-order valence-electron chi connectivity index (χ0n) is 13.5. The Morgan fingerprint density at radius 2 is 2.04 bits per heavy atom. The van der Waals surface area contributed by atoms with Gasteiger partial charge in [-0.1, -0.05) is 6.07 Å². The van der Waals surface area contributed by atoms with Gasteiger partial charge in [-0.25, -0.2) is 14.8 Å². The first-order chi connectivity index (χ1) is 11.9. The first-order valence-electron chi connectivity index (χ1n) is 7.81. The van der Waals surface area contributed by atoms with Gasteiger partial charge in [-0.2, -0.15) is 13.2 Å². The Labute approximate surface area is 142 Å². The van der Waals surface area contributed by atoms with Crippen LogP contribution >= 0.6 is 0 Å². The van der Waals surface area contributed by atoms with E-state index in [-0.39, 0.29) is 11.6 Å². The van der Waals surface area contributed by atoms with Gasteiger partial charge in [-0.15, -0.1) is 0 Å². The molecule has 2 aromatic rings. The molecule has 1 aliphatic heterocycles. The molecule has 9 heteroatoms. The summed E-state index contributed by atoms with van der Waals surface area (Å²) in [5.41, 5.74) is -0.597. The van der Waals surface area contributed by atoms with Gasteiger partial charge in [0.2, 0.25) is 0 Å². The van der Waals surface area contributed by atoms with Crippen molar-refractivity contribution in [1.29, 1.82) is 0 Å². The molecule has 0 aliphatic carbocycles. The van der Waals surface area contributed by atoms with Crippen LogP contribution in [0.25, 0.3) is 0 Å². The molecule has 1 aliphatic rings. The van der Waals surface area contributed by atoms with Gasteiger partial charge >= 0.3 is 12.1 Å². The fourth-order valence-electron chi connectivity index (χ4n) is 2.89. The quantitative estimate of drug-likeness (QED) is 0.858. The summed E-state index contributed by atoms with van der Waals surface area (Å²) in [4.78, 5) is 24.1. The van der Waals surface area contributed by atoms with Crippen LogP contribution in [-0.2, 0) is 10.9 Å². The summed E-state index contributed by atoms with van der Waals surface area (Å²) in [6.07, 6.45) is -2.28. The van der Waals surface area contributed by atoms with Crippen LogP contribution in [0.5, 0.6) is 0 Å². The number of esters is 1. The van der Waals surface area contributed by atoms with Gasteiger partial charge < -0.3 is 14.6 Å². The Bertz CT molecular complexity index is 752. The molecular formula is C16H17F3N4O2. The lowest BCUT2D eigenvalue weighted by Crippen LogP contribution is -2.34. The molecule has 1 saturated heterocycles. The summed E-state index contributed by atoms with van der Waals surface area (Å²) in [6, 6.07) is 5.09. The number of H-pyrrole nitrogens is 1. The maximum Gasteiger partial charge on any atom is 0.432 e. The van der Waals surface area contributed by atoms with E-state index in [0.717, 1.165) is 6.20 Å². The SMILES string of the molecule is COC(=O)c1cccc(N2CCC(c3ncc(C(F)(F)F)[nH]3)CC2)n1. The van der Waals surface area contributed by atoms with Crippen LogP contribution in [0.3, 0.4) is 0 Å². The summed E-state index contributed by atoms with van der Waals surface area (Å²) < 4.78 is 42.6. The molecule has 134 valence electrons. The molecule has 25 heavy (non-hydrogen) atoms. The predicted molar refractivity (Wildman–Crippen MR) is 83.4 cm³/mol. The number of aromatic amines is 1. The molecule has 6 nitrogen and oxygen atoms in total. The highest BCUT2D eigenvalue weighted by molar-refractivity contribution is 5.87. The summed E-state index contributed by atoms with van der Waals surface area (Å²) in [5, 5.41) is 0. The summed E-state index contributed by atoms with van der Waals surface area (Å²) in [7, 11) is 1.29. The van der Waals surface area contributed by atoms with E-state index >= 15 is 0 Å². The maximum atomic E-state index is 12.7. The second-order valence-corrected chi connectivity index (χ2v) is 5.81. The lowest BCUT2D eigenvalue weighted by atomic mass is 9.96. The number of rotatable bonds is 3. The van der Waals surface area contributed by atoms with Gasteiger partial charge in [0.25, 0.3) is 0 Å². The predicted octanol–water partition coefficient (Wildman–Crippen LogP) is 2.99. The number of aromatic nitrogens is 3. The van der Waals surface area contributed by atoms with Crippen LogP contribution in [0.15, 0.2) is 24.4 Å². The summed E-state index contributed by atoms with van der Waals surface area (Å²) >= 11 is 0. The molecule has 0 spiro atoms. The molecular weight excluding hydrogens is 337 g/mol. The summed E-state index contributed by atoms with van der Waals surface area (Å²) in [5.74, 6) is 0.447. The van der Waals surface area contributed by atoms with Crippen LogP contribution in [0, 0.1) is 0 Å². The van der Waals surface area contributed by atoms with Gasteiger partial charge in [0.05, 0.1) is 13.3 Å². The first-order valence-corrected chi connectivity index (χ1v) is 7.81. The van der Waals surface area contributed by atoms with Gasteiger partial charge in [-0.05, 0) is 25.0 Å². The average molecular weight is 354 g/mol. The van der Waals surface area contributed by atoms with E-state index in [9.17, 15) is 18.0 Å². The number of carbonyl (C=O) groups excluding carboxylic acids is 1. The number of ether oxygens (including phenoxy) is 1. The van der Waals surface area contributed by atoms with Crippen molar-refractivity contribution < 1.29 is 22.7 Å². The number of carbonyl (C=O) groups is 1. The number of pyridine rings is 1. The molecule has 0 unspecified atom stereocenters. The number of methoxy groups -OCH3 is 1. The molecule has 3 heterocycles. The van der Waals surface area contributed by atoms with Crippen LogP contribution in [-0.4, -0.2) is 41.1 Å². The van der Waals surface area contributed by atoms with E-state index in [0.29, 0.717) is 37.6 Å². The maximum absolute atomic E-state index is 12.7. The van der Waals surface area contributed by atoms with Crippen LogP contribution in [0.4, 0.5) is 19.0 Å². The number of nitrogens with one attached hydrogen (secondary N) is 1. The number of imidazole rings is 1. The Morgan fingerprint density at radius 3 is 2.64 bits per heavy atom. The van der Waals surface area contributed by atoms with Crippen molar-refractivity contribution in [2.24, 2.45) is 0 Å². The van der Waals surface area contributed by atoms with Crippen molar-refractivity contribution >= 4 is 11.8 Å². The van der Waals surface area contributed by atoms with Crippen LogP contribution in [0.1, 0.15) is 40.8 Å². The molecule has 0 bridgehead atoms. The highest BCUT2D eigenvalue weighted by Gasteiger charge is 2.34. The molecule has 2 aromatic heterocycles. The van der Waals surface area contributed by atoms with E-state index in [1.165, 1.54) is 7.11 Å². The number of hydrogen-bond acceptors (Lipinski definition) is 5. The lowest BCUT2D eigenvalue weighted by Gasteiger charge is -2.32. The minimum absolute atomic E-state index is 0.0591. The Kier molecular flexibility index (Phi) is 4.65. The third kappa shape index (κ3) is 3.75. The summed E-state index contributed by atoms with van der Waals surface area (Å²) in [6.45, 7) is 1.23. The highest BCUT2D eigenvalue weighted by Crippen LogP contribution is 2.32. The van der Waals surface area contributed by atoms with Gasteiger partial charge in [0, 0.05) is 19.0 Å². The molecule has 1 fully saturated rings. The molecule has 0 amide bonds. The van der Waals surface area contributed by atoms with E-state index < -0.39 is 17.8 Å². The van der Waals surface area contributed by atoms with E-state index in [2.05, 4.69) is 19.7 Å². The van der Waals surface area contributed by atoms with Crippen LogP contribution in [0.2, 0.25) is 0 Å². The second-order valence-electron chi connectivity index (χ2n) is 5.81. The topological polar surface area (TPSA) is 71.1 Å². The molecule has 3 rings (SSSR count). The normalized spacial score (nSPS) is 16.1. The van der Waals surface area contributed by atoms with Crippen molar-refractivity contribution in [1.82, 2.24) is 15.0 Å². The van der Waals surface area contributed by atoms with E-state index in [4.69, 9.17) is 0 Å². The van der Waals surface area contributed by atoms with Crippen molar-refractivity contribution in [2.45, 2.75) is 24.9 Å². The third-order valence-electron chi connectivity index (χ3n) is 4.24. The zero-order chi connectivity index (χ0) is 18.0. The van der Waals surface area contributed by atoms with Gasteiger partial charge in [0.15, 0.2) is 5.69 Å². The number of alkyl halides is 3. The Balaban J connectivity index is 1.66. The molecule has 0 aromatic carbocycles. The highest BCUT2D eigenvalue weighted by atomic mass is 19.4. The van der Waals surface area contributed by atoms with E-state index in [1.807, 2.05) is 4.90 Å². The van der Waals surface area contributed by atoms with Crippen molar-refractivity contribution in [3.8, 4) is 0 Å². The second kappa shape index (κ2) is 6.73. The van der Waals surface area contributed by atoms with Crippen molar-refractivity contribution in [3.63, 3.8) is 0 Å². The minimum Gasteiger partial charge on any atom is -0.464 e. The Hall–Kier alpha value is -2.58. The largest absolute Gasteiger partial charge is 0.464 e. The zero-order valence-corrected chi connectivity index (χ0v) is 13.5. The third-order valence-corrected chi connectivity index (χ3v) is 4.24. The number of anilines is 1. The number of halogens is 3. The lowest BCUT2D eigenvalue weighted by molar-refractivity contribution is -0.141. The molecule has 0 saturated carbocycles. The standard InChI is InChI=1S/C16H17F3N4O2/c1-25-15(24)11-3-2-4-13(21-11)23-7-5-10(6-8-23)14-20-9-12(22-14)16(17,18)19/h2-4,9-10H,5-8H2,1H3,(H,20,22). The minimum atomic E-state index is -4.41. The number of piperidine rings is 1. The van der Waals surface area contributed by atoms with Crippen LogP contribution < -0.4 is 4.90 Å². The molecule has 0 radical (unpaired) electrons. The Morgan fingerprint density at radius 1 is 1.32 bits per heavy atom. The smallest absolute Gasteiger partial charge is 0.432 e. The van der Waals surface area contributed by atoms with E-state index in [1.54, 1.807) is 18.2 Å². The number of nitrogens with zero attached hydrogens (tertiary/aromatic N) is 3. The molecule has 1 N–H and O–H groups in total. The van der Waals surface area contributed by atoms with Crippen molar-refractivity contribution in [2.75, 3.05) is 25.1 Å². The molecule has 0 atom stereocenters. The first kappa shape index (κ1) is 17.2. The number of hydrogen-bond donors (Lipinski definition) is 1. The van der Waals surface area contributed by atoms with Crippen molar-refractivity contribution in [3.05, 3.63) is 41.6 Å². The van der Waals surface area contributed by atoms with Gasteiger partial charge in [-0.3, -0.25) is 0 Å². The monoisotopic (exact) mass is 354 g/mol.